The Morgan fingerprint density at radius 1 is 1.21 bits per heavy atom. The van der Waals surface area contributed by atoms with Gasteiger partial charge in [-0.05, 0) is 31.0 Å². The van der Waals surface area contributed by atoms with Crippen LogP contribution in [-0.2, 0) is 0 Å². The molecule has 4 rings (SSSR count). The molecule has 0 spiro atoms. The normalized spacial score (nSPS) is 18.9. The van der Waals surface area contributed by atoms with Crippen molar-refractivity contribution < 1.29 is 9.21 Å². The van der Waals surface area contributed by atoms with E-state index in [4.69, 9.17) is 15.9 Å². The molecule has 9 nitrogen and oxygen atoms in total. The highest BCUT2D eigenvalue weighted by Gasteiger charge is 2.23. The van der Waals surface area contributed by atoms with Gasteiger partial charge in [-0.1, -0.05) is 18.9 Å². The summed E-state index contributed by atoms with van der Waals surface area (Å²) in [6.45, 7) is 0. The first kappa shape index (κ1) is 18.9. The van der Waals surface area contributed by atoms with Crippen LogP contribution in [0.25, 0.3) is 11.5 Å². The Balaban J connectivity index is 1.60. The van der Waals surface area contributed by atoms with Crippen LogP contribution in [0.15, 0.2) is 47.3 Å². The molecule has 6 N–H and O–H groups in total. The van der Waals surface area contributed by atoms with E-state index < -0.39 is 5.91 Å². The molecular weight excluding hydrogens is 370 g/mol. The van der Waals surface area contributed by atoms with Gasteiger partial charge in [-0.25, -0.2) is 15.0 Å². The Labute approximate surface area is 167 Å². The first-order chi connectivity index (χ1) is 14.1. The predicted octanol–water partition coefficient (Wildman–Crippen LogP) is 2.66. The number of amides is 1. The molecule has 0 unspecified atom stereocenters. The van der Waals surface area contributed by atoms with Crippen LogP contribution < -0.4 is 22.1 Å². The summed E-state index contributed by atoms with van der Waals surface area (Å²) < 4.78 is 5.34. The summed E-state index contributed by atoms with van der Waals surface area (Å²) in [5.74, 6) is 0.654. The number of anilines is 3. The first-order valence-electron chi connectivity index (χ1n) is 9.56. The van der Waals surface area contributed by atoms with E-state index in [0.717, 1.165) is 31.2 Å². The van der Waals surface area contributed by atoms with Crippen molar-refractivity contribution in [2.45, 2.75) is 37.8 Å². The lowest BCUT2D eigenvalue weighted by molar-refractivity contribution is 0.0996. The molecule has 1 aromatic carbocycles. The maximum Gasteiger partial charge on any atom is 0.271 e. The molecule has 1 fully saturated rings. The molecule has 2 aromatic heterocycles. The SMILES string of the molecule is NC(=O)c1ncc(N[C@@H]2CCCC[C@@H]2N)nc1Nc1cccc(-c2ncco2)c1. The van der Waals surface area contributed by atoms with E-state index in [9.17, 15) is 4.79 Å². The molecule has 3 aromatic rings. The lowest BCUT2D eigenvalue weighted by atomic mass is 9.91. The monoisotopic (exact) mass is 393 g/mol. The average Bonchev–Trinajstić information content (AvgIpc) is 3.25. The first-order valence-corrected chi connectivity index (χ1v) is 9.56. The quantitative estimate of drug-likeness (QED) is 0.500. The summed E-state index contributed by atoms with van der Waals surface area (Å²) in [6.07, 6.45) is 8.81. The third-order valence-corrected chi connectivity index (χ3v) is 4.96. The minimum absolute atomic E-state index is 0.0602. The van der Waals surface area contributed by atoms with Crippen LogP contribution in [0.2, 0.25) is 0 Å². The van der Waals surface area contributed by atoms with Crippen LogP contribution in [0.3, 0.4) is 0 Å². The van der Waals surface area contributed by atoms with E-state index in [1.54, 1.807) is 6.20 Å². The van der Waals surface area contributed by atoms with Crippen molar-refractivity contribution in [1.82, 2.24) is 15.0 Å². The molecule has 9 heteroatoms. The molecule has 1 aliphatic rings. The second-order valence-corrected chi connectivity index (χ2v) is 7.06. The molecule has 0 radical (unpaired) electrons. The zero-order valence-electron chi connectivity index (χ0n) is 15.8. The maximum absolute atomic E-state index is 11.8. The molecule has 0 aliphatic heterocycles. The smallest absolute Gasteiger partial charge is 0.271 e. The highest BCUT2D eigenvalue weighted by atomic mass is 16.3. The number of aromatic nitrogens is 3. The summed E-state index contributed by atoms with van der Waals surface area (Å²) in [6, 6.07) is 7.60. The maximum atomic E-state index is 11.8. The highest BCUT2D eigenvalue weighted by Crippen LogP contribution is 2.26. The fraction of sp³-hybridized carbons (Fsp3) is 0.300. The van der Waals surface area contributed by atoms with Crippen molar-refractivity contribution in [2.24, 2.45) is 11.5 Å². The van der Waals surface area contributed by atoms with E-state index in [0.29, 0.717) is 17.4 Å². The fourth-order valence-electron chi connectivity index (χ4n) is 3.49. The van der Waals surface area contributed by atoms with Crippen LogP contribution in [0.1, 0.15) is 36.2 Å². The van der Waals surface area contributed by atoms with E-state index >= 15 is 0 Å². The number of carbonyl (C=O) groups excluding carboxylic acids is 1. The van der Waals surface area contributed by atoms with E-state index in [1.165, 1.54) is 12.5 Å². The summed E-state index contributed by atoms with van der Waals surface area (Å²) in [4.78, 5) is 24.7. The zero-order valence-corrected chi connectivity index (χ0v) is 15.8. The third kappa shape index (κ3) is 4.35. The number of hydrogen-bond acceptors (Lipinski definition) is 8. The van der Waals surface area contributed by atoms with Crippen molar-refractivity contribution in [1.29, 1.82) is 0 Å². The molecule has 0 bridgehead atoms. The number of nitrogens with two attached hydrogens (primary N) is 2. The van der Waals surface area contributed by atoms with Gasteiger partial charge in [0.1, 0.15) is 12.1 Å². The lowest BCUT2D eigenvalue weighted by Crippen LogP contribution is -2.42. The molecule has 2 atom stereocenters. The molecule has 1 saturated carbocycles. The van der Waals surface area contributed by atoms with E-state index in [2.05, 4.69) is 25.6 Å². The van der Waals surface area contributed by atoms with Gasteiger partial charge in [0.2, 0.25) is 5.89 Å². The van der Waals surface area contributed by atoms with Gasteiger partial charge in [0, 0.05) is 23.3 Å². The van der Waals surface area contributed by atoms with Gasteiger partial charge >= 0.3 is 0 Å². The van der Waals surface area contributed by atoms with Gasteiger partial charge in [0.15, 0.2) is 11.5 Å². The molecular formula is C20H23N7O2. The number of primary amides is 1. The summed E-state index contributed by atoms with van der Waals surface area (Å²) in [7, 11) is 0. The molecule has 2 heterocycles. The molecule has 29 heavy (non-hydrogen) atoms. The molecule has 0 saturated heterocycles. The van der Waals surface area contributed by atoms with Gasteiger partial charge < -0.3 is 26.5 Å². The Bertz CT molecular complexity index is 990. The number of nitrogens with one attached hydrogen (secondary N) is 2. The van der Waals surface area contributed by atoms with Crippen LogP contribution in [0.5, 0.6) is 0 Å². The number of carbonyl (C=O) groups is 1. The van der Waals surface area contributed by atoms with Crippen molar-refractivity contribution in [3.05, 3.63) is 48.6 Å². The van der Waals surface area contributed by atoms with Crippen molar-refractivity contribution >= 4 is 23.2 Å². The number of hydrogen-bond donors (Lipinski definition) is 4. The van der Waals surface area contributed by atoms with Gasteiger partial charge in [-0.3, -0.25) is 4.79 Å². The van der Waals surface area contributed by atoms with Crippen molar-refractivity contribution in [2.75, 3.05) is 10.6 Å². The third-order valence-electron chi connectivity index (χ3n) is 4.96. The largest absolute Gasteiger partial charge is 0.445 e. The topological polar surface area (TPSA) is 145 Å². The number of oxazole rings is 1. The Morgan fingerprint density at radius 2 is 2.07 bits per heavy atom. The fourth-order valence-corrected chi connectivity index (χ4v) is 3.49. The lowest BCUT2D eigenvalue weighted by Gasteiger charge is -2.29. The Kier molecular flexibility index (Phi) is 5.39. The number of nitrogens with zero attached hydrogens (tertiary/aromatic N) is 3. The van der Waals surface area contributed by atoms with Gasteiger partial charge in [-0.2, -0.15) is 0 Å². The minimum Gasteiger partial charge on any atom is -0.445 e. The highest BCUT2D eigenvalue weighted by molar-refractivity contribution is 5.96. The summed E-state index contributed by atoms with van der Waals surface area (Å²) in [5.41, 5.74) is 13.2. The number of rotatable bonds is 6. The Morgan fingerprint density at radius 3 is 2.83 bits per heavy atom. The van der Waals surface area contributed by atoms with E-state index in [-0.39, 0.29) is 23.6 Å². The number of benzene rings is 1. The van der Waals surface area contributed by atoms with E-state index in [1.807, 2.05) is 24.3 Å². The van der Waals surface area contributed by atoms with Crippen molar-refractivity contribution in [3.8, 4) is 11.5 Å². The zero-order chi connectivity index (χ0) is 20.2. The van der Waals surface area contributed by atoms with Gasteiger partial charge in [-0.15, -0.1) is 0 Å². The predicted molar refractivity (Wildman–Crippen MR) is 110 cm³/mol. The molecule has 1 aliphatic carbocycles. The Hall–Kier alpha value is -3.46. The summed E-state index contributed by atoms with van der Waals surface area (Å²) in [5, 5.41) is 6.47. The van der Waals surface area contributed by atoms with Gasteiger partial charge in [0.25, 0.3) is 5.91 Å². The standard InChI is InChI=1S/C20H23N7O2/c21-14-6-1-2-7-15(14)26-16-11-24-17(18(22)28)19(27-16)25-13-5-3-4-12(10-13)20-23-8-9-29-20/h3-5,8-11,14-15H,1-2,6-7,21H2,(H2,22,28)(H2,25,26,27)/t14-,15+/m0/s1. The van der Waals surface area contributed by atoms with Crippen molar-refractivity contribution in [3.63, 3.8) is 0 Å². The van der Waals surface area contributed by atoms with Crippen LogP contribution in [0, 0.1) is 0 Å². The van der Waals surface area contributed by atoms with Gasteiger partial charge in [0.05, 0.1) is 12.4 Å². The minimum atomic E-state index is -0.662. The van der Waals surface area contributed by atoms with Crippen LogP contribution in [-0.4, -0.2) is 32.9 Å². The second-order valence-electron chi connectivity index (χ2n) is 7.06. The average molecular weight is 393 g/mol. The summed E-state index contributed by atoms with van der Waals surface area (Å²) >= 11 is 0. The molecule has 1 amide bonds. The van der Waals surface area contributed by atoms with Crippen LogP contribution in [0.4, 0.5) is 17.3 Å². The molecule has 150 valence electrons. The second kappa shape index (κ2) is 8.27. The van der Waals surface area contributed by atoms with Crippen LogP contribution >= 0.6 is 0 Å².